The van der Waals surface area contributed by atoms with Gasteiger partial charge in [0.2, 0.25) is 5.91 Å². The molecule has 0 radical (unpaired) electrons. The van der Waals surface area contributed by atoms with Crippen LogP contribution in [0, 0.1) is 3.57 Å². The fourth-order valence-electron chi connectivity index (χ4n) is 2.72. The number of nitrogens with one attached hydrogen (secondary N) is 1. The first-order valence-corrected chi connectivity index (χ1v) is 10.3. The molecule has 0 aliphatic carbocycles. The van der Waals surface area contributed by atoms with E-state index in [-0.39, 0.29) is 5.91 Å². The maximum Gasteiger partial charge on any atom is 0.408 e. The van der Waals surface area contributed by atoms with Gasteiger partial charge in [0.05, 0.1) is 7.11 Å². The Morgan fingerprint density at radius 1 is 1.14 bits per heavy atom. The number of benzene rings is 2. The first-order chi connectivity index (χ1) is 13.6. The Labute approximate surface area is 185 Å². The number of amides is 2. The number of hydrogen-bond donors (Lipinski definition) is 1. The van der Waals surface area contributed by atoms with E-state index in [1.165, 1.54) is 4.90 Å². The van der Waals surface area contributed by atoms with Gasteiger partial charge in [-0.1, -0.05) is 12.1 Å². The third-order valence-corrected chi connectivity index (χ3v) is 4.78. The van der Waals surface area contributed by atoms with E-state index in [2.05, 4.69) is 27.9 Å². The molecule has 1 atom stereocenters. The molecule has 0 saturated carbocycles. The Bertz CT molecular complexity index is 847. The molecule has 2 aromatic rings. The molecule has 2 rings (SSSR count). The van der Waals surface area contributed by atoms with Crippen LogP contribution < -0.4 is 15.0 Å². The normalized spacial score (nSPS) is 12.1. The van der Waals surface area contributed by atoms with Gasteiger partial charge in [-0.25, -0.2) is 4.79 Å². The predicted molar refractivity (Wildman–Crippen MR) is 122 cm³/mol. The number of ether oxygens (including phenoxy) is 2. The van der Waals surface area contributed by atoms with Gasteiger partial charge in [-0.3, -0.25) is 4.79 Å². The average Bonchev–Trinajstić information content (AvgIpc) is 2.65. The third-order valence-electron chi connectivity index (χ3n) is 4.11. The Morgan fingerprint density at radius 2 is 1.79 bits per heavy atom. The Hall–Kier alpha value is -2.29. The molecule has 0 fully saturated rings. The first-order valence-electron chi connectivity index (χ1n) is 9.24. The molecule has 2 aromatic carbocycles. The maximum atomic E-state index is 13.2. The molecule has 0 heterocycles. The number of nitrogens with zero attached hydrogens (tertiary/aromatic N) is 1. The molecular formula is C22H27IN2O4. The van der Waals surface area contributed by atoms with Crippen LogP contribution in [0.25, 0.3) is 0 Å². The van der Waals surface area contributed by atoms with Gasteiger partial charge < -0.3 is 19.7 Å². The standard InChI is InChI=1S/C22H27IN2O4/c1-22(2,3)29-21(27)24-19(14-15-7-6-8-16(23)13-15)20(26)25(4)17-9-11-18(28-5)12-10-17/h6-13,19H,14H2,1-5H3,(H,24,27)/t19-/m0/s1. The van der Waals surface area contributed by atoms with Crippen molar-refractivity contribution in [3.8, 4) is 5.75 Å². The summed E-state index contributed by atoms with van der Waals surface area (Å²) < 4.78 is 11.6. The van der Waals surface area contributed by atoms with Crippen LogP contribution in [0.5, 0.6) is 5.75 Å². The zero-order chi connectivity index (χ0) is 21.6. The highest BCUT2D eigenvalue weighted by Gasteiger charge is 2.27. The quantitative estimate of drug-likeness (QED) is 0.586. The summed E-state index contributed by atoms with van der Waals surface area (Å²) in [7, 11) is 3.27. The summed E-state index contributed by atoms with van der Waals surface area (Å²) in [5, 5.41) is 2.73. The summed E-state index contributed by atoms with van der Waals surface area (Å²) in [6.45, 7) is 5.35. The van der Waals surface area contributed by atoms with Crippen LogP contribution in [0.3, 0.4) is 0 Å². The summed E-state index contributed by atoms with van der Waals surface area (Å²) in [6.07, 6.45) is -0.264. The number of methoxy groups -OCH3 is 1. The van der Waals surface area contributed by atoms with Crippen molar-refractivity contribution in [1.29, 1.82) is 0 Å². The van der Waals surface area contributed by atoms with Crippen LogP contribution in [-0.4, -0.2) is 37.8 Å². The predicted octanol–water partition coefficient (Wildman–Crippen LogP) is 4.40. The van der Waals surface area contributed by atoms with Crippen molar-refractivity contribution >= 4 is 40.3 Å². The summed E-state index contributed by atoms with van der Waals surface area (Å²) in [5.41, 5.74) is 1.01. The van der Waals surface area contributed by atoms with E-state index < -0.39 is 17.7 Å². The molecule has 0 aromatic heterocycles. The van der Waals surface area contributed by atoms with Gasteiger partial charge in [0.25, 0.3) is 0 Å². The topological polar surface area (TPSA) is 67.9 Å². The molecule has 1 N–H and O–H groups in total. The smallest absolute Gasteiger partial charge is 0.408 e. The largest absolute Gasteiger partial charge is 0.497 e. The SMILES string of the molecule is COc1ccc(N(C)C(=O)[C@H](Cc2cccc(I)c2)NC(=O)OC(C)(C)C)cc1. The van der Waals surface area contributed by atoms with Crippen molar-refractivity contribution in [1.82, 2.24) is 5.32 Å². The Kier molecular flexibility index (Phi) is 7.89. The van der Waals surface area contributed by atoms with Gasteiger partial charge in [0.1, 0.15) is 17.4 Å². The first kappa shape index (κ1) is 23.0. The van der Waals surface area contributed by atoms with Crippen molar-refractivity contribution < 1.29 is 19.1 Å². The van der Waals surface area contributed by atoms with E-state index in [1.54, 1.807) is 59.2 Å². The molecular weight excluding hydrogens is 483 g/mol. The second-order valence-corrected chi connectivity index (χ2v) is 8.87. The van der Waals surface area contributed by atoms with Crippen molar-refractivity contribution in [3.63, 3.8) is 0 Å². The molecule has 0 aliphatic heterocycles. The van der Waals surface area contributed by atoms with E-state index in [9.17, 15) is 9.59 Å². The lowest BCUT2D eigenvalue weighted by molar-refractivity contribution is -0.120. The number of halogens is 1. The molecule has 0 unspecified atom stereocenters. The number of anilines is 1. The highest BCUT2D eigenvalue weighted by Crippen LogP contribution is 2.20. The molecule has 29 heavy (non-hydrogen) atoms. The van der Waals surface area contributed by atoms with Gasteiger partial charge in [0, 0.05) is 22.7 Å². The number of likely N-dealkylation sites (N-methyl/N-ethyl adjacent to an activating group) is 1. The van der Waals surface area contributed by atoms with Gasteiger partial charge in [-0.15, -0.1) is 0 Å². The van der Waals surface area contributed by atoms with E-state index in [0.29, 0.717) is 17.9 Å². The minimum Gasteiger partial charge on any atom is -0.497 e. The second kappa shape index (κ2) is 9.96. The van der Waals surface area contributed by atoms with Crippen LogP contribution in [0.15, 0.2) is 48.5 Å². The molecule has 0 spiro atoms. The Morgan fingerprint density at radius 3 is 2.34 bits per heavy atom. The van der Waals surface area contributed by atoms with Crippen LogP contribution in [0.1, 0.15) is 26.3 Å². The number of alkyl carbamates (subject to hydrolysis) is 1. The molecule has 6 nitrogen and oxygen atoms in total. The van der Waals surface area contributed by atoms with Gasteiger partial charge in [-0.2, -0.15) is 0 Å². The molecule has 156 valence electrons. The lowest BCUT2D eigenvalue weighted by Crippen LogP contribution is -2.50. The number of rotatable bonds is 6. The fourth-order valence-corrected chi connectivity index (χ4v) is 3.32. The summed E-state index contributed by atoms with van der Waals surface area (Å²) >= 11 is 2.22. The molecule has 0 aliphatic rings. The highest BCUT2D eigenvalue weighted by atomic mass is 127. The van der Waals surface area contributed by atoms with Crippen LogP contribution in [0.2, 0.25) is 0 Å². The van der Waals surface area contributed by atoms with E-state index >= 15 is 0 Å². The van der Waals surface area contributed by atoms with Gasteiger partial charge >= 0.3 is 6.09 Å². The molecule has 2 amide bonds. The zero-order valence-corrected chi connectivity index (χ0v) is 19.5. The molecule has 7 heteroatoms. The lowest BCUT2D eigenvalue weighted by atomic mass is 10.0. The van der Waals surface area contributed by atoms with E-state index in [0.717, 1.165) is 9.13 Å². The maximum absolute atomic E-state index is 13.2. The number of carbonyl (C=O) groups is 2. The Balaban J connectivity index is 2.23. The molecule has 0 bridgehead atoms. The number of carbonyl (C=O) groups excluding carboxylic acids is 2. The van der Waals surface area contributed by atoms with Gasteiger partial charge in [0.15, 0.2) is 0 Å². The van der Waals surface area contributed by atoms with Crippen molar-refractivity contribution in [2.24, 2.45) is 0 Å². The number of hydrogen-bond acceptors (Lipinski definition) is 4. The zero-order valence-electron chi connectivity index (χ0n) is 17.4. The average molecular weight is 510 g/mol. The summed E-state index contributed by atoms with van der Waals surface area (Å²) in [5.74, 6) is 0.469. The summed E-state index contributed by atoms with van der Waals surface area (Å²) in [6, 6.07) is 14.2. The molecule has 0 saturated heterocycles. The minimum atomic E-state index is -0.768. The van der Waals surface area contributed by atoms with Crippen molar-refractivity contribution in [3.05, 3.63) is 57.7 Å². The van der Waals surface area contributed by atoms with Gasteiger partial charge in [-0.05, 0) is 85.3 Å². The highest BCUT2D eigenvalue weighted by molar-refractivity contribution is 14.1. The third kappa shape index (κ3) is 7.23. The van der Waals surface area contributed by atoms with Crippen LogP contribution in [0.4, 0.5) is 10.5 Å². The van der Waals surface area contributed by atoms with E-state index in [4.69, 9.17) is 9.47 Å². The minimum absolute atomic E-state index is 0.236. The van der Waals surface area contributed by atoms with Crippen molar-refractivity contribution in [2.75, 3.05) is 19.1 Å². The lowest BCUT2D eigenvalue weighted by Gasteiger charge is -2.27. The second-order valence-electron chi connectivity index (χ2n) is 7.63. The van der Waals surface area contributed by atoms with Crippen LogP contribution in [-0.2, 0) is 16.0 Å². The fraction of sp³-hybridized carbons (Fsp3) is 0.364. The summed E-state index contributed by atoms with van der Waals surface area (Å²) in [4.78, 5) is 27.1. The van der Waals surface area contributed by atoms with Crippen LogP contribution >= 0.6 is 22.6 Å². The van der Waals surface area contributed by atoms with Crippen molar-refractivity contribution in [2.45, 2.75) is 38.8 Å². The van der Waals surface area contributed by atoms with E-state index in [1.807, 2.05) is 24.3 Å². The monoisotopic (exact) mass is 510 g/mol.